The molecule has 100 valence electrons. The Labute approximate surface area is 107 Å². The Kier molecular flexibility index (Phi) is 3.46. The van der Waals surface area contributed by atoms with Crippen molar-refractivity contribution in [3.8, 4) is 0 Å². The van der Waals surface area contributed by atoms with Crippen molar-refractivity contribution in [3.63, 3.8) is 0 Å². The summed E-state index contributed by atoms with van der Waals surface area (Å²) in [5.74, 6) is -4.13. The van der Waals surface area contributed by atoms with Crippen molar-refractivity contribution in [1.29, 1.82) is 0 Å². The maximum atomic E-state index is 13.7. The maximum Gasteiger partial charge on any atom is 0.338 e. The van der Waals surface area contributed by atoms with E-state index in [2.05, 4.69) is 10.4 Å². The average Bonchev–Trinajstić information content (AvgIpc) is 2.82. The van der Waals surface area contributed by atoms with Crippen molar-refractivity contribution in [1.82, 2.24) is 9.78 Å². The van der Waals surface area contributed by atoms with Gasteiger partial charge in [-0.1, -0.05) is 0 Å². The van der Waals surface area contributed by atoms with Crippen LogP contribution in [0.3, 0.4) is 0 Å². The standard InChI is InChI=1S/C12H11F2N3O2/c1-2-17-6-7(5-15-17)16-9-4-3-8(12(18)19)10(13)11(9)14/h3-6,16H,2H2,1H3,(H,18,19). The Morgan fingerprint density at radius 3 is 2.74 bits per heavy atom. The maximum absolute atomic E-state index is 13.7. The van der Waals surface area contributed by atoms with Gasteiger partial charge in [0.2, 0.25) is 0 Å². The Bertz CT molecular complexity index is 625. The molecular formula is C12H11F2N3O2. The molecule has 1 heterocycles. The summed E-state index contributed by atoms with van der Waals surface area (Å²) >= 11 is 0. The van der Waals surface area contributed by atoms with Gasteiger partial charge >= 0.3 is 5.97 Å². The lowest BCUT2D eigenvalue weighted by molar-refractivity contribution is 0.0690. The summed E-state index contributed by atoms with van der Waals surface area (Å²) in [6, 6.07) is 2.18. The summed E-state index contributed by atoms with van der Waals surface area (Å²) in [6.45, 7) is 2.54. The summed E-state index contributed by atoms with van der Waals surface area (Å²) in [6.07, 6.45) is 3.09. The molecule has 0 fully saturated rings. The number of carboxylic acid groups (broad SMARTS) is 1. The van der Waals surface area contributed by atoms with E-state index in [9.17, 15) is 13.6 Å². The largest absolute Gasteiger partial charge is 0.478 e. The number of hydrogen-bond donors (Lipinski definition) is 2. The van der Waals surface area contributed by atoms with Gasteiger partial charge in [-0.25, -0.2) is 13.6 Å². The quantitative estimate of drug-likeness (QED) is 0.893. The molecule has 0 saturated carbocycles. The van der Waals surface area contributed by atoms with E-state index in [0.717, 1.165) is 6.07 Å². The van der Waals surface area contributed by atoms with Gasteiger partial charge in [-0.2, -0.15) is 5.10 Å². The number of aromatic carboxylic acids is 1. The summed E-state index contributed by atoms with van der Waals surface area (Å²) in [7, 11) is 0. The molecule has 2 rings (SSSR count). The Morgan fingerprint density at radius 2 is 2.16 bits per heavy atom. The number of carbonyl (C=O) groups is 1. The number of halogens is 2. The predicted octanol–water partition coefficient (Wildman–Crippen LogP) is 2.62. The minimum atomic E-state index is -1.51. The second kappa shape index (κ2) is 5.05. The van der Waals surface area contributed by atoms with Crippen LogP contribution in [0.15, 0.2) is 24.5 Å². The van der Waals surface area contributed by atoms with Crippen LogP contribution < -0.4 is 5.32 Å². The van der Waals surface area contributed by atoms with E-state index < -0.39 is 23.2 Å². The first-order valence-electron chi connectivity index (χ1n) is 5.53. The Balaban J connectivity index is 2.31. The van der Waals surface area contributed by atoms with Gasteiger partial charge < -0.3 is 10.4 Å². The number of nitrogens with zero attached hydrogens (tertiary/aromatic N) is 2. The molecule has 2 N–H and O–H groups in total. The van der Waals surface area contributed by atoms with Crippen molar-refractivity contribution in [2.24, 2.45) is 0 Å². The van der Waals surface area contributed by atoms with Crippen LogP contribution in [0, 0.1) is 11.6 Å². The topological polar surface area (TPSA) is 67.2 Å². The fourth-order valence-electron chi connectivity index (χ4n) is 1.57. The first-order chi connectivity index (χ1) is 9.02. The van der Waals surface area contributed by atoms with Gasteiger partial charge in [-0.3, -0.25) is 4.68 Å². The van der Waals surface area contributed by atoms with Crippen LogP contribution in [0.4, 0.5) is 20.2 Å². The number of hydrogen-bond acceptors (Lipinski definition) is 3. The third-order valence-corrected chi connectivity index (χ3v) is 2.55. The molecule has 0 atom stereocenters. The third kappa shape index (κ3) is 2.54. The van der Waals surface area contributed by atoms with E-state index >= 15 is 0 Å². The normalized spacial score (nSPS) is 10.5. The molecule has 1 aromatic heterocycles. The van der Waals surface area contributed by atoms with Crippen LogP contribution in [0.5, 0.6) is 0 Å². The molecule has 2 aromatic rings. The number of carboxylic acids is 1. The van der Waals surface area contributed by atoms with E-state index in [1.54, 1.807) is 10.9 Å². The van der Waals surface area contributed by atoms with Crippen molar-refractivity contribution in [2.45, 2.75) is 13.5 Å². The lowest BCUT2D eigenvalue weighted by Gasteiger charge is -2.07. The van der Waals surface area contributed by atoms with Gasteiger partial charge in [0.25, 0.3) is 0 Å². The SMILES string of the molecule is CCn1cc(Nc2ccc(C(=O)O)c(F)c2F)cn1. The van der Waals surface area contributed by atoms with Gasteiger partial charge in [0, 0.05) is 12.7 Å². The van der Waals surface area contributed by atoms with Gasteiger partial charge in [0.1, 0.15) is 0 Å². The number of benzene rings is 1. The van der Waals surface area contributed by atoms with Crippen LogP contribution in [0.25, 0.3) is 0 Å². The molecule has 0 unspecified atom stereocenters. The summed E-state index contributed by atoms with van der Waals surface area (Å²) in [4.78, 5) is 10.6. The van der Waals surface area contributed by atoms with E-state index in [-0.39, 0.29) is 5.69 Å². The molecule has 1 aromatic carbocycles. The highest BCUT2D eigenvalue weighted by Crippen LogP contribution is 2.24. The first kappa shape index (κ1) is 13.0. The Morgan fingerprint density at radius 1 is 1.42 bits per heavy atom. The number of nitrogens with one attached hydrogen (secondary N) is 1. The molecule has 19 heavy (non-hydrogen) atoms. The molecular weight excluding hydrogens is 256 g/mol. The Hall–Kier alpha value is -2.44. The van der Waals surface area contributed by atoms with Crippen LogP contribution in [-0.4, -0.2) is 20.9 Å². The van der Waals surface area contributed by atoms with Crippen molar-refractivity contribution in [3.05, 3.63) is 41.7 Å². The molecule has 0 radical (unpaired) electrons. The zero-order valence-electron chi connectivity index (χ0n) is 10.0. The van der Waals surface area contributed by atoms with E-state index in [4.69, 9.17) is 5.11 Å². The van der Waals surface area contributed by atoms with Crippen LogP contribution >= 0.6 is 0 Å². The van der Waals surface area contributed by atoms with E-state index in [1.165, 1.54) is 12.3 Å². The molecule has 0 amide bonds. The van der Waals surface area contributed by atoms with E-state index in [0.29, 0.717) is 12.2 Å². The van der Waals surface area contributed by atoms with Crippen LogP contribution in [-0.2, 0) is 6.54 Å². The van der Waals surface area contributed by atoms with Crippen LogP contribution in [0.1, 0.15) is 17.3 Å². The second-order valence-electron chi connectivity index (χ2n) is 3.80. The minimum Gasteiger partial charge on any atom is -0.478 e. The van der Waals surface area contributed by atoms with Gasteiger partial charge in [-0.15, -0.1) is 0 Å². The second-order valence-corrected chi connectivity index (χ2v) is 3.80. The molecule has 0 aliphatic heterocycles. The molecule has 0 aliphatic rings. The van der Waals surface area contributed by atoms with Gasteiger partial charge in [0.05, 0.1) is 23.1 Å². The minimum absolute atomic E-state index is 0.141. The van der Waals surface area contributed by atoms with Crippen LogP contribution in [0.2, 0.25) is 0 Å². The lowest BCUT2D eigenvalue weighted by Crippen LogP contribution is -2.05. The molecule has 0 spiro atoms. The number of anilines is 2. The fourth-order valence-corrected chi connectivity index (χ4v) is 1.57. The molecule has 7 heteroatoms. The van der Waals surface area contributed by atoms with Gasteiger partial charge in [-0.05, 0) is 19.1 Å². The number of rotatable bonds is 4. The summed E-state index contributed by atoms with van der Waals surface area (Å²) in [5, 5.41) is 15.3. The zero-order valence-corrected chi connectivity index (χ0v) is 10.0. The number of aromatic nitrogens is 2. The summed E-state index contributed by atoms with van der Waals surface area (Å²) < 4.78 is 28.8. The fraction of sp³-hybridized carbons (Fsp3) is 0.167. The van der Waals surface area contributed by atoms with E-state index in [1.807, 2.05) is 6.92 Å². The lowest BCUT2D eigenvalue weighted by atomic mass is 10.2. The van der Waals surface area contributed by atoms with Gasteiger partial charge in [0.15, 0.2) is 11.6 Å². The number of aryl methyl sites for hydroxylation is 1. The van der Waals surface area contributed by atoms with Crippen molar-refractivity contribution >= 4 is 17.3 Å². The summed E-state index contributed by atoms with van der Waals surface area (Å²) in [5.41, 5.74) is -0.353. The molecule has 5 nitrogen and oxygen atoms in total. The predicted molar refractivity (Wildman–Crippen MR) is 64.5 cm³/mol. The zero-order chi connectivity index (χ0) is 14.0. The molecule has 0 aliphatic carbocycles. The average molecular weight is 267 g/mol. The smallest absolute Gasteiger partial charge is 0.338 e. The third-order valence-electron chi connectivity index (χ3n) is 2.55. The monoisotopic (exact) mass is 267 g/mol. The molecule has 0 saturated heterocycles. The van der Waals surface area contributed by atoms with Crippen molar-refractivity contribution in [2.75, 3.05) is 5.32 Å². The van der Waals surface area contributed by atoms with Crippen molar-refractivity contribution < 1.29 is 18.7 Å². The highest BCUT2D eigenvalue weighted by molar-refractivity contribution is 5.88. The highest BCUT2D eigenvalue weighted by atomic mass is 19.2. The first-order valence-corrected chi connectivity index (χ1v) is 5.53. The molecule has 0 bridgehead atoms. The highest BCUT2D eigenvalue weighted by Gasteiger charge is 2.18.